The molecule has 3 aliphatic rings. The normalized spacial score (nSPS) is 29.5. The number of hydrogen-bond donors (Lipinski definition) is 1. The highest BCUT2D eigenvalue weighted by Crippen LogP contribution is 2.40. The minimum absolute atomic E-state index is 0.176. The monoisotopic (exact) mass is 368 g/mol. The number of rotatable bonds is 4. The zero-order valence-electron chi connectivity index (χ0n) is 15.2. The van der Waals surface area contributed by atoms with Gasteiger partial charge in [0.1, 0.15) is 11.9 Å². The second kappa shape index (κ2) is 7.02. The van der Waals surface area contributed by atoms with Crippen LogP contribution in [0.5, 0.6) is 17.2 Å². The van der Waals surface area contributed by atoms with Crippen molar-refractivity contribution in [2.75, 3.05) is 19.9 Å². The largest absolute Gasteiger partial charge is 0.488 e. The van der Waals surface area contributed by atoms with Crippen molar-refractivity contribution in [3.05, 3.63) is 48.3 Å². The van der Waals surface area contributed by atoms with Gasteiger partial charge in [-0.1, -0.05) is 6.07 Å². The van der Waals surface area contributed by atoms with E-state index in [0.29, 0.717) is 17.6 Å². The first-order valence-corrected chi connectivity index (χ1v) is 9.60. The molecule has 0 spiro atoms. The van der Waals surface area contributed by atoms with E-state index in [1.54, 1.807) is 0 Å². The van der Waals surface area contributed by atoms with E-state index in [9.17, 15) is 5.11 Å². The van der Waals surface area contributed by atoms with Crippen molar-refractivity contribution in [1.82, 2.24) is 9.88 Å². The van der Waals surface area contributed by atoms with Gasteiger partial charge in [-0.2, -0.15) is 0 Å². The van der Waals surface area contributed by atoms with Gasteiger partial charge in [0.15, 0.2) is 11.5 Å². The Kier molecular flexibility index (Phi) is 4.38. The molecule has 1 saturated carbocycles. The molecule has 1 N–H and O–H groups in total. The van der Waals surface area contributed by atoms with Crippen molar-refractivity contribution in [3.63, 3.8) is 0 Å². The van der Waals surface area contributed by atoms with Crippen molar-refractivity contribution in [2.24, 2.45) is 11.8 Å². The Morgan fingerprint density at radius 2 is 1.96 bits per heavy atom. The van der Waals surface area contributed by atoms with Gasteiger partial charge in [0.25, 0.3) is 0 Å². The van der Waals surface area contributed by atoms with Crippen molar-refractivity contribution in [1.29, 1.82) is 0 Å². The molecule has 142 valence electrons. The van der Waals surface area contributed by atoms with Gasteiger partial charge >= 0.3 is 0 Å². The van der Waals surface area contributed by atoms with Gasteiger partial charge in [-0.3, -0.25) is 9.88 Å². The van der Waals surface area contributed by atoms with Crippen LogP contribution in [0.15, 0.2) is 42.7 Å². The molecule has 4 atom stereocenters. The Hall–Kier alpha value is -2.31. The molecule has 0 amide bonds. The number of fused-ring (bicyclic) bond motifs is 2. The van der Waals surface area contributed by atoms with Crippen LogP contribution in [0.4, 0.5) is 0 Å². The molecule has 1 aliphatic carbocycles. The fraction of sp³-hybridized carbons (Fsp3) is 0.476. The second-order valence-electron chi connectivity index (χ2n) is 7.79. The number of benzene rings is 1. The molecule has 2 aromatic rings. The maximum Gasteiger partial charge on any atom is 0.231 e. The smallest absolute Gasteiger partial charge is 0.231 e. The summed E-state index contributed by atoms with van der Waals surface area (Å²) in [5, 5.41) is 10.6. The summed E-state index contributed by atoms with van der Waals surface area (Å²) in [7, 11) is 0. The van der Waals surface area contributed by atoms with Gasteiger partial charge in [-0.25, -0.2) is 0 Å². The summed E-state index contributed by atoms with van der Waals surface area (Å²) >= 11 is 0. The van der Waals surface area contributed by atoms with Crippen LogP contribution in [0.1, 0.15) is 18.4 Å². The van der Waals surface area contributed by atoms with Gasteiger partial charge < -0.3 is 19.3 Å². The molecule has 1 aromatic heterocycles. The Morgan fingerprint density at radius 1 is 1.11 bits per heavy atom. The van der Waals surface area contributed by atoms with E-state index in [0.717, 1.165) is 44.0 Å². The summed E-state index contributed by atoms with van der Waals surface area (Å²) in [6, 6.07) is 9.70. The number of aromatic nitrogens is 1. The lowest BCUT2D eigenvalue weighted by Gasteiger charge is -2.35. The van der Waals surface area contributed by atoms with Crippen molar-refractivity contribution >= 4 is 0 Å². The summed E-state index contributed by atoms with van der Waals surface area (Å²) in [5.41, 5.74) is 1.24. The number of aliphatic hydroxyl groups is 1. The quantitative estimate of drug-likeness (QED) is 0.894. The molecule has 2 aliphatic heterocycles. The van der Waals surface area contributed by atoms with E-state index < -0.39 is 6.10 Å². The molecular weight excluding hydrogens is 344 g/mol. The van der Waals surface area contributed by atoms with Crippen LogP contribution in [0.25, 0.3) is 0 Å². The van der Waals surface area contributed by atoms with E-state index in [-0.39, 0.29) is 12.9 Å². The second-order valence-corrected chi connectivity index (χ2v) is 7.79. The van der Waals surface area contributed by atoms with Crippen LogP contribution in [-0.2, 0) is 6.54 Å². The molecule has 6 nitrogen and oxygen atoms in total. The van der Waals surface area contributed by atoms with Gasteiger partial charge in [-0.15, -0.1) is 0 Å². The Bertz CT molecular complexity index is 800. The molecule has 2 fully saturated rings. The van der Waals surface area contributed by atoms with E-state index in [1.807, 2.05) is 36.7 Å². The zero-order chi connectivity index (χ0) is 18.2. The summed E-state index contributed by atoms with van der Waals surface area (Å²) in [5.74, 6) is 3.27. The topological polar surface area (TPSA) is 64.1 Å². The molecule has 1 saturated heterocycles. The minimum Gasteiger partial charge on any atom is -0.488 e. The molecule has 5 rings (SSSR count). The van der Waals surface area contributed by atoms with Crippen LogP contribution >= 0.6 is 0 Å². The van der Waals surface area contributed by atoms with Crippen molar-refractivity contribution in [2.45, 2.75) is 31.6 Å². The van der Waals surface area contributed by atoms with Gasteiger partial charge in [0.2, 0.25) is 6.79 Å². The van der Waals surface area contributed by atoms with Crippen LogP contribution in [0.3, 0.4) is 0 Å². The highest BCUT2D eigenvalue weighted by Gasteiger charge is 2.42. The summed E-state index contributed by atoms with van der Waals surface area (Å²) < 4.78 is 16.9. The molecule has 0 bridgehead atoms. The van der Waals surface area contributed by atoms with Gasteiger partial charge in [0.05, 0.1) is 6.10 Å². The molecule has 27 heavy (non-hydrogen) atoms. The van der Waals surface area contributed by atoms with Crippen LogP contribution in [0, 0.1) is 11.8 Å². The Balaban J connectivity index is 1.23. The molecular formula is C21H24N2O4. The van der Waals surface area contributed by atoms with Gasteiger partial charge in [-0.05, 0) is 48.4 Å². The standard InChI is InChI=1S/C21H24N2O4/c24-18-6-15-11-23(10-14-2-1-5-22-9-14)12-16(15)7-20(18)27-17-3-4-19-21(8-17)26-13-25-19/h1-5,8-9,15-16,18,20,24H,6-7,10-13H2/t15-,16+,18+,20+/m0/s1. The SMILES string of the molecule is O[C@@H]1C[C@H]2CN(Cc3cccnc3)C[C@H]2C[C@H]1Oc1ccc2c(c1)OCO2. The Labute approximate surface area is 158 Å². The maximum atomic E-state index is 10.6. The third-order valence-electron chi connectivity index (χ3n) is 5.92. The number of nitrogens with zero attached hydrogens (tertiary/aromatic N) is 2. The molecule has 0 unspecified atom stereocenters. The lowest BCUT2D eigenvalue weighted by Crippen LogP contribution is -2.42. The van der Waals surface area contributed by atoms with Crippen molar-refractivity contribution < 1.29 is 19.3 Å². The predicted octanol–water partition coefficient (Wildman–Crippen LogP) is 2.46. The first-order valence-electron chi connectivity index (χ1n) is 9.60. The first kappa shape index (κ1) is 16.8. The third-order valence-corrected chi connectivity index (χ3v) is 5.92. The summed E-state index contributed by atoms with van der Waals surface area (Å²) in [4.78, 5) is 6.68. The van der Waals surface area contributed by atoms with Gasteiger partial charge in [0, 0.05) is 38.1 Å². The Morgan fingerprint density at radius 3 is 2.81 bits per heavy atom. The maximum absolute atomic E-state index is 10.6. The summed E-state index contributed by atoms with van der Waals surface area (Å²) in [6.07, 6.45) is 4.80. The molecule has 3 heterocycles. The van der Waals surface area contributed by atoms with Crippen LogP contribution in [-0.4, -0.2) is 47.1 Å². The average Bonchev–Trinajstić information content (AvgIpc) is 3.28. The minimum atomic E-state index is -0.435. The van der Waals surface area contributed by atoms with Crippen LogP contribution in [0.2, 0.25) is 0 Å². The highest BCUT2D eigenvalue weighted by molar-refractivity contribution is 5.47. The van der Waals surface area contributed by atoms with E-state index >= 15 is 0 Å². The number of hydrogen-bond acceptors (Lipinski definition) is 6. The first-order chi connectivity index (χ1) is 13.2. The predicted molar refractivity (Wildman–Crippen MR) is 98.7 cm³/mol. The lowest BCUT2D eigenvalue weighted by atomic mass is 9.78. The third kappa shape index (κ3) is 3.47. The fourth-order valence-corrected chi connectivity index (χ4v) is 4.62. The van der Waals surface area contributed by atoms with Crippen molar-refractivity contribution in [3.8, 4) is 17.2 Å². The lowest BCUT2D eigenvalue weighted by molar-refractivity contribution is -0.0232. The number of pyridine rings is 1. The highest BCUT2D eigenvalue weighted by atomic mass is 16.7. The number of likely N-dealkylation sites (tertiary alicyclic amines) is 1. The zero-order valence-corrected chi connectivity index (χ0v) is 15.2. The molecule has 0 radical (unpaired) electrons. The van der Waals surface area contributed by atoms with E-state index in [2.05, 4.69) is 16.0 Å². The van der Waals surface area contributed by atoms with Crippen LogP contribution < -0.4 is 14.2 Å². The summed E-state index contributed by atoms with van der Waals surface area (Å²) in [6.45, 7) is 3.26. The number of aliphatic hydroxyl groups excluding tert-OH is 1. The molecule has 6 heteroatoms. The van der Waals surface area contributed by atoms with E-state index in [4.69, 9.17) is 14.2 Å². The number of ether oxygens (including phenoxy) is 3. The molecule has 1 aromatic carbocycles. The fourth-order valence-electron chi connectivity index (χ4n) is 4.62. The van der Waals surface area contributed by atoms with E-state index in [1.165, 1.54) is 5.56 Å². The average molecular weight is 368 g/mol.